The summed E-state index contributed by atoms with van der Waals surface area (Å²) in [5.41, 5.74) is -2.45. The van der Waals surface area contributed by atoms with Crippen LogP contribution in [0.15, 0.2) is 0 Å². The topological polar surface area (TPSA) is 40.2 Å². The standard InChI is InChI=1S/C44H93NO4P2S3/c1-8-15-20-21-22-23-24-25-26-27-28-29-30-31-32-33-36-45(41-53-50(46-37-18-11-4)47-39-43(13-6)34-16-9-2)42-54-51(52,48-38-19-12-5)49-40-44(14-7)35-17-10-3/h43-44H,8-42H2,1-7H3. The fourth-order valence-electron chi connectivity index (χ4n) is 6.32. The van der Waals surface area contributed by atoms with Gasteiger partial charge in [-0.15, -0.1) is 0 Å². The third kappa shape index (κ3) is 35.5. The Morgan fingerprint density at radius 3 is 1.46 bits per heavy atom. The van der Waals surface area contributed by atoms with Crippen LogP contribution in [0.1, 0.15) is 228 Å². The van der Waals surface area contributed by atoms with Crippen molar-refractivity contribution in [2.24, 2.45) is 11.8 Å². The zero-order valence-electron chi connectivity index (χ0n) is 37.1. The number of hydrogen-bond acceptors (Lipinski definition) is 8. The van der Waals surface area contributed by atoms with Gasteiger partial charge in [-0.3, -0.25) is 4.90 Å². The molecule has 0 saturated heterocycles. The highest BCUT2D eigenvalue weighted by Crippen LogP contribution is 2.62. The van der Waals surface area contributed by atoms with Crippen molar-refractivity contribution < 1.29 is 18.1 Å². The number of rotatable bonds is 45. The molecule has 0 aromatic rings. The van der Waals surface area contributed by atoms with Crippen molar-refractivity contribution in [2.45, 2.75) is 228 Å². The van der Waals surface area contributed by atoms with Crippen molar-refractivity contribution in [1.82, 2.24) is 4.90 Å². The van der Waals surface area contributed by atoms with Gasteiger partial charge in [-0.05, 0) is 62.3 Å². The molecular weight excluding hydrogens is 765 g/mol. The maximum Gasteiger partial charge on any atom is 0.248 e. The van der Waals surface area contributed by atoms with E-state index in [-0.39, 0.29) is 0 Å². The molecule has 0 rings (SSSR count). The van der Waals surface area contributed by atoms with Crippen LogP contribution in [0.25, 0.3) is 0 Å². The van der Waals surface area contributed by atoms with Crippen LogP contribution in [0.3, 0.4) is 0 Å². The fourth-order valence-corrected chi connectivity index (χ4v) is 13.5. The largest absolute Gasteiger partial charge is 0.326 e. The van der Waals surface area contributed by atoms with Crippen LogP contribution >= 0.6 is 36.0 Å². The molecule has 0 aliphatic carbocycles. The zero-order valence-corrected chi connectivity index (χ0v) is 41.3. The second-order valence-corrected chi connectivity index (χ2v) is 25.1. The van der Waals surface area contributed by atoms with E-state index in [2.05, 4.69) is 53.4 Å². The maximum atomic E-state index is 6.60. The fraction of sp³-hybridized carbons (Fsp3) is 1.00. The number of hydrogen-bond donors (Lipinski definition) is 0. The van der Waals surface area contributed by atoms with E-state index >= 15 is 0 Å². The summed E-state index contributed by atoms with van der Waals surface area (Å²) in [5.74, 6) is 2.92. The number of nitrogens with zero attached hydrogens (tertiary/aromatic N) is 1. The van der Waals surface area contributed by atoms with Gasteiger partial charge in [-0.2, -0.15) is 0 Å². The van der Waals surface area contributed by atoms with E-state index in [4.69, 9.17) is 29.9 Å². The van der Waals surface area contributed by atoms with Gasteiger partial charge in [-0.1, -0.05) is 219 Å². The minimum Gasteiger partial charge on any atom is -0.326 e. The van der Waals surface area contributed by atoms with Gasteiger partial charge in [0, 0.05) is 0 Å². The Labute approximate surface area is 353 Å². The molecule has 0 heterocycles. The van der Waals surface area contributed by atoms with Gasteiger partial charge in [0.15, 0.2) is 0 Å². The van der Waals surface area contributed by atoms with Crippen molar-refractivity contribution in [3.63, 3.8) is 0 Å². The molecule has 4 unspecified atom stereocenters. The second kappa shape index (κ2) is 42.7. The summed E-state index contributed by atoms with van der Waals surface area (Å²) in [6.45, 7) is 20.0. The lowest BCUT2D eigenvalue weighted by molar-refractivity contribution is 0.211. The van der Waals surface area contributed by atoms with Gasteiger partial charge in [0.2, 0.25) is 13.3 Å². The molecule has 0 spiro atoms. The van der Waals surface area contributed by atoms with Crippen molar-refractivity contribution in [3.05, 3.63) is 0 Å². The first-order valence-corrected chi connectivity index (χ1v) is 30.4. The highest BCUT2D eigenvalue weighted by Gasteiger charge is 2.25. The number of unbranched alkanes of at least 4 members (excludes halogenated alkanes) is 19. The molecule has 0 amide bonds. The predicted octanol–water partition coefficient (Wildman–Crippen LogP) is 17.5. The minimum absolute atomic E-state index is 0.560. The molecule has 54 heavy (non-hydrogen) atoms. The van der Waals surface area contributed by atoms with E-state index in [0.29, 0.717) is 18.4 Å². The monoisotopic (exact) mass is 858 g/mol. The van der Waals surface area contributed by atoms with Gasteiger partial charge in [0.25, 0.3) is 0 Å². The first-order chi connectivity index (χ1) is 26.4. The third-order valence-corrected chi connectivity index (χ3v) is 18.8. The molecule has 0 bridgehead atoms. The lowest BCUT2D eigenvalue weighted by Crippen LogP contribution is -2.24. The average molecular weight is 858 g/mol. The molecule has 326 valence electrons. The van der Waals surface area contributed by atoms with Gasteiger partial charge in [0.05, 0.1) is 38.2 Å². The summed E-state index contributed by atoms with van der Waals surface area (Å²) < 4.78 is 26.0. The van der Waals surface area contributed by atoms with Crippen molar-refractivity contribution in [2.75, 3.05) is 44.7 Å². The molecule has 0 radical (unpaired) electrons. The summed E-state index contributed by atoms with van der Waals surface area (Å²) >= 11 is 9.89. The Balaban J connectivity index is 5.17. The van der Waals surface area contributed by atoms with E-state index in [1.165, 1.54) is 148 Å². The Morgan fingerprint density at radius 2 is 0.963 bits per heavy atom. The van der Waals surface area contributed by atoms with Gasteiger partial charge in [0.1, 0.15) is 0 Å². The minimum atomic E-state index is -2.45. The zero-order chi connectivity index (χ0) is 39.8. The summed E-state index contributed by atoms with van der Waals surface area (Å²) in [6.07, 6.45) is 36.5. The molecule has 0 saturated carbocycles. The molecule has 0 aliphatic heterocycles. The smallest absolute Gasteiger partial charge is 0.248 e. The van der Waals surface area contributed by atoms with E-state index in [1.807, 2.05) is 11.4 Å². The van der Waals surface area contributed by atoms with Gasteiger partial charge < -0.3 is 18.1 Å². The molecular formula is C44H93NO4P2S3. The highest BCUT2D eigenvalue weighted by atomic mass is 32.9. The van der Waals surface area contributed by atoms with Crippen molar-refractivity contribution in [1.29, 1.82) is 0 Å². The van der Waals surface area contributed by atoms with Gasteiger partial charge in [-0.25, -0.2) is 0 Å². The molecule has 0 N–H and O–H groups in total. The maximum absolute atomic E-state index is 6.60. The average Bonchev–Trinajstić information content (AvgIpc) is 3.18. The Kier molecular flexibility index (Phi) is 43.9. The van der Waals surface area contributed by atoms with Crippen LogP contribution in [0, 0.1) is 11.8 Å². The normalized spacial score (nSPS) is 14.8. The van der Waals surface area contributed by atoms with Crippen LogP contribution in [0.4, 0.5) is 0 Å². The molecule has 0 aliphatic rings. The van der Waals surface area contributed by atoms with Gasteiger partial charge >= 0.3 is 0 Å². The first kappa shape index (κ1) is 55.6. The van der Waals surface area contributed by atoms with Crippen LogP contribution in [0.5, 0.6) is 0 Å². The molecule has 0 aromatic carbocycles. The summed E-state index contributed by atoms with van der Waals surface area (Å²) in [6, 6.07) is 0. The lowest BCUT2D eigenvalue weighted by Gasteiger charge is -2.28. The Hall–Kier alpha value is 1.58. The third-order valence-electron chi connectivity index (χ3n) is 10.5. The summed E-state index contributed by atoms with van der Waals surface area (Å²) in [5, 5.41) is 0. The van der Waals surface area contributed by atoms with E-state index < -0.39 is 13.3 Å². The summed E-state index contributed by atoms with van der Waals surface area (Å²) in [4.78, 5) is 2.58. The van der Waals surface area contributed by atoms with E-state index in [1.54, 1.807) is 11.4 Å². The van der Waals surface area contributed by atoms with Crippen LogP contribution in [0.2, 0.25) is 0 Å². The Bertz CT molecular complexity index is 803. The lowest BCUT2D eigenvalue weighted by atomic mass is 10.0. The Morgan fingerprint density at radius 1 is 0.500 bits per heavy atom. The molecule has 0 fully saturated rings. The van der Waals surface area contributed by atoms with E-state index in [0.717, 1.165) is 70.2 Å². The first-order valence-electron chi connectivity index (χ1n) is 23.4. The molecule has 10 heteroatoms. The quantitative estimate of drug-likeness (QED) is 0.0341. The van der Waals surface area contributed by atoms with Crippen LogP contribution < -0.4 is 0 Å². The molecule has 5 nitrogen and oxygen atoms in total. The molecule has 0 aromatic heterocycles. The van der Waals surface area contributed by atoms with Crippen molar-refractivity contribution >= 4 is 47.8 Å². The van der Waals surface area contributed by atoms with Crippen LogP contribution in [-0.4, -0.2) is 49.6 Å². The second-order valence-electron chi connectivity index (χ2n) is 15.7. The van der Waals surface area contributed by atoms with Crippen LogP contribution in [-0.2, 0) is 29.9 Å². The predicted molar refractivity (Wildman–Crippen MR) is 253 cm³/mol. The SMILES string of the molecule is CCCCCCCCCCCCCCCCCCN(CSP(OCCCC)OCC(CC)CCCC)CSP(=S)(OCCCC)OCC(CC)CCCC. The van der Waals surface area contributed by atoms with E-state index in [9.17, 15) is 0 Å². The highest BCUT2D eigenvalue weighted by molar-refractivity contribution is 8.67. The summed E-state index contributed by atoms with van der Waals surface area (Å²) in [7, 11) is -0.985. The van der Waals surface area contributed by atoms with Crippen molar-refractivity contribution in [3.8, 4) is 0 Å². The molecule has 4 atom stereocenters.